The fraction of sp³-hybridized carbons (Fsp3) is 1.00. The van der Waals surface area contributed by atoms with Crippen molar-refractivity contribution < 1.29 is 14.6 Å². The van der Waals surface area contributed by atoms with Gasteiger partial charge in [-0.05, 0) is 38.6 Å². The Hall–Kier alpha value is -0.160. The van der Waals surface area contributed by atoms with Gasteiger partial charge >= 0.3 is 0 Å². The van der Waals surface area contributed by atoms with E-state index < -0.39 is 6.10 Å². The summed E-state index contributed by atoms with van der Waals surface area (Å²) in [5.41, 5.74) is 0. The van der Waals surface area contributed by atoms with E-state index in [0.29, 0.717) is 19.3 Å². The molecule has 0 saturated heterocycles. The molecule has 1 aliphatic carbocycles. The van der Waals surface area contributed by atoms with Gasteiger partial charge in [0.25, 0.3) is 0 Å². The molecule has 0 amide bonds. The number of nitrogens with zero attached hydrogens (tertiary/aromatic N) is 1. The Kier molecular flexibility index (Phi) is 7.91. The second-order valence-electron chi connectivity index (χ2n) is 6.16. The van der Waals surface area contributed by atoms with Crippen LogP contribution in [0.3, 0.4) is 0 Å². The molecule has 0 bridgehead atoms. The number of aliphatic hydroxyl groups is 1. The van der Waals surface area contributed by atoms with Crippen LogP contribution < -0.4 is 0 Å². The highest BCUT2D eigenvalue weighted by Gasteiger charge is 2.30. The molecular weight excluding hydrogens is 242 g/mol. The van der Waals surface area contributed by atoms with E-state index in [9.17, 15) is 5.11 Å². The van der Waals surface area contributed by atoms with Crippen LogP contribution in [0.15, 0.2) is 0 Å². The molecule has 4 heteroatoms. The summed E-state index contributed by atoms with van der Waals surface area (Å²) in [6, 6.07) is 0.699. The summed E-state index contributed by atoms with van der Waals surface area (Å²) in [4.78, 5) is 2.43. The highest BCUT2D eigenvalue weighted by atomic mass is 16.5. The van der Waals surface area contributed by atoms with E-state index in [1.165, 1.54) is 19.3 Å². The van der Waals surface area contributed by atoms with Gasteiger partial charge in [-0.15, -0.1) is 0 Å². The molecule has 2 atom stereocenters. The lowest BCUT2D eigenvalue weighted by Gasteiger charge is -2.26. The van der Waals surface area contributed by atoms with Crippen LogP contribution in [0, 0.1) is 5.92 Å². The average Bonchev–Trinajstić information content (AvgIpc) is 3.16. The number of hydrogen-bond acceptors (Lipinski definition) is 4. The van der Waals surface area contributed by atoms with E-state index in [0.717, 1.165) is 19.0 Å². The number of ether oxygens (including phenoxy) is 2. The van der Waals surface area contributed by atoms with Crippen molar-refractivity contribution in [3.05, 3.63) is 0 Å². The summed E-state index contributed by atoms with van der Waals surface area (Å²) in [5.74, 6) is 0.719. The molecule has 2 unspecified atom stereocenters. The molecule has 1 rings (SSSR count). The van der Waals surface area contributed by atoms with E-state index in [1.807, 2.05) is 6.92 Å². The molecular formula is C15H31NO3. The molecule has 0 aromatic heterocycles. The molecule has 1 N–H and O–H groups in total. The first-order valence-electron chi connectivity index (χ1n) is 7.55. The van der Waals surface area contributed by atoms with Crippen molar-refractivity contribution in [2.45, 2.75) is 58.3 Å². The van der Waals surface area contributed by atoms with Gasteiger partial charge in [0.2, 0.25) is 0 Å². The normalized spacial score (nSPS) is 19.1. The van der Waals surface area contributed by atoms with Gasteiger partial charge in [0.1, 0.15) is 0 Å². The minimum atomic E-state index is -0.396. The van der Waals surface area contributed by atoms with Crippen LogP contribution in [0.2, 0.25) is 0 Å². The molecule has 0 heterocycles. The third kappa shape index (κ3) is 7.88. The number of rotatable bonds is 11. The van der Waals surface area contributed by atoms with Crippen molar-refractivity contribution in [2.75, 3.05) is 33.4 Å². The lowest BCUT2D eigenvalue weighted by molar-refractivity contribution is -0.0405. The monoisotopic (exact) mass is 273 g/mol. The highest BCUT2D eigenvalue weighted by molar-refractivity contribution is 4.85. The fourth-order valence-corrected chi connectivity index (χ4v) is 2.17. The van der Waals surface area contributed by atoms with Crippen molar-refractivity contribution in [2.24, 2.45) is 5.92 Å². The first-order valence-corrected chi connectivity index (χ1v) is 7.55. The van der Waals surface area contributed by atoms with Crippen molar-refractivity contribution in [3.8, 4) is 0 Å². The van der Waals surface area contributed by atoms with Crippen molar-refractivity contribution in [3.63, 3.8) is 0 Å². The predicted octanol–water partition coefficient (Wildman–Crippen LogP) is 1.91. The van der Waals surface area contributed by atoms with Gasteiger partial charge in [-0.3, -0.25) is 4.90 Å². The van der Waals surface area contributed by atoms with E-state index in [4.69, 9.17) is 9.47 Å². The zero-order valence-corrected chi connectivity index (χ0v) is 13.0. The summed E-state index contributed by atoms with van der Waals surface area (Å²) in [6.07, 6.45) is 3.42. The van der Waals surface area contributed by atoms with Gasteiger partial charge in [0.15, 0.2) is 0 Å². The van der Waals surface area contributed by atoms with E-state index in [-0.39, 0.29) is 6.10 Å². The SMILES string of the molecule is COCC(C)OCC(O)CN(CCC(C)C)C1CC1. The maximum atomic E-state index is 10.1. The first kappa shape index (κ1) is 16.9. The standard InChI is InChI=1S/C15H31NO3/c1-12(2)7-8-16(14-5-6-14)9-15(17)11-19-13(3)10-18-4/h12-15,17H,5-11H2,1-4H3. The molecule has 0 spiro atoms. The summed E-state index contributed by atoms with van der Waals surface area (Å²) >= 11 is 0. The van der Waals surface area contributed by atoms with Crippen LogP contribution in [-0.2, 0) is 9.47 Å². The smallest absolute Gasteiger partial charge is 0.0900 e. The molecule has 0 aliphatic heterocycles. The zero-order chi connectivity index (χ0) is 14.3. The summed E-state index contributed by atoms with van der Waals surface area (Å²) < 4.78 is 10.6. The third-order valence-electron chi connectivity index (χ3n) is 3.48. The quantitative estimate of drug-likeness (QED) is 0.624. The Morgan fingerprint density at radius 2 is 1.89 bits per heavy atom. The van der Waals surface area contributed by atoms with Crippen molar-refractivity contribution in [1.29, 1.82) is 0 Å². The summed E-state index contributed by atoms with van der Waals surface area (Å²) in [5, 5.41) is 10.1. The number of methoxy groups -OCH3 is 1. The van der Waals surface area contributed by atoms with Crippen LogP contribution in [0.25, 0.3) is 0 Å². The van der Waals surface area contributed by atoms with E-state index in [2.05, 4.69) is 18.7 Å². The van der Waals surface area contributed by atoms with Gasteiger partial charge in [-0.2, -0.15) is 0 Å². The molecule has 114 valence electrons. The summed E-state index contributed by atoms with van der Waals surface area (Å²) in [7, 11) is 1.66. The van der Waals surface area contributed by atoms with Gasteiger partial charge in [-0.1, -0.05) is 13.8 Å². The lowest BCUT2D eigenvalue weighted by atomic mass is 10.1. The molecule has 1 aliphatic rings. The maximum Gasteiger partial charge on any atom is 0.0900 e. The second kappa shape index (κ2) is 8.90. The molecule has 19 heavy (non-hydrogen) atoms. The Morgan fingerprint density at radius 1 is 1.21 bits per heavy atom. The van der Waals surface area contributed by atoms with E-state index >= 15 is 0 Å². The lowest BCUT2D eigenvalue weighted by Crippen LogP contribution is -2.38. The van der Waals surface area contributed by atoms with Crippen LogP contribution in [-0.4, -0.2) is 61.7 Å². The second-order valence-corrected chi connectivity index (χ2v) is 6.16. The third-order valence-corrected chi connectivity index (χ3v) is 3.48. The Balaban J connectivity index is 2.21. The topological polar surface area (TPSA) is 41.9 Å². The molecule has 1 fully saturated rings. The zero-order valence-electron chi connectivity index (χ0n) is 13.0. The fourth-order valence-electron chi connectivity index (χ4n) is 2.17. The Bertz CT molecular complexity index is 231. The number of hydrogen-bond donors (Lipinski definition) is 1. The van der Waals surface area contributed by atoms with Crippen LogP contribution in [0.5, 0.6) is 0 Å². The van der Waals surface area contributed by atoms with Gasteiger partial charge < -0.3 is 14.6 Å². The molecule has 4 nitrogen and oxygen atoms in total. The maximum absolute atomic E-state index is 10.1. The molecule has 0 aromatic carbocycles. The largest absolute Gasteiger partial charge is 0.389 e. The van der Waals surface area contributed by atoms with Crippen molar-refractivity contribution in [1.82, 2.24) is 4.90 Å². The minimum Gasteiger partial charge on any atom is -0.389 e. The van der Waals surface area contributed by atoms with Crippen LogP contribution in [0.4, 0.5) is 0 Å². The number of aliphatic hydroxyl groups excluding tert-OH is 1. The van der Waals surface area contributed by atoms with Crippen LogP contribution in [0.1, 0.15) is 40.0 Å². The Morgan fingerprint density at radius 3 is 2.42 bits per heavy atom. The average molecular weight is 273 g/mol. The first-order chi connectivity index (χ1) is 9.02. The Labute approximate surface area is 118 Å². The molecule has 0 radical (unpaired) electrons. The van der Waals surface area contributed by atoms with Gasteiger partial charge in [0, 0.05) is 19.7 Å². The van der Waals surface area contributed by atoms with E-state index in [1.54, 1.807) is 7.11 Å². The predicted molar refractivity (Wildman–Crippen MR) is 77.3 cm³/mol. The van der Waals surface area contributed by atoms with Crippen LogP contribution >= 0.6 is 0 Å². The van der Waals surface area contributed by atoms with Gasteiger partial charge in [0.05, 0.1) is 25.4 Å². The summed E-state index contributed by atoms with van der Waals surface area (Å²) in [6.45, 7) is 9.26. The minimum absolute atomic E-state index is 0.0460. The molecule has 1 saturated carbocycles. The van der Waals surface area contributed by atoms with Crippen molar-refractivity contribution >= 4 is 0 Å². The van der Waals surface area contributed by atoms with Gasteiger partial charge in [-0.25, -0.2) is 0 Å². The molecule has 0 aromatic rings. The highest BCUT2D eigenvalue weighted by Crippen LogP contribution is 2.27.